The summed E-state index contributed by atoms with van der Waals surface area (Å²) >= 11 is 1.78. The third-order valence-electron chi connectivity index (χ3n) is 3.77. The first kappa shape index (κ1) is 16.1. The number of nitrogens with zero attached hydrogens (tertiary/aromatic N) is 4. The third-order valence-corrected chi connectivity index (χ3v) is 4.91. The molecule has 2 heterocycles. The maximum Gasteiger partial charge on any atom is 0.159 e. The van der Waals surface area contributed by atoms with Gasteiger partial charge in [-0.15, -0.1) is 0 Å². The zero-order chi connectivity index (χ0) is 15.9. The van der Waals surface area contributed by atoms with Gasteiger partial charge in [-0.05, 0) is 18.9 Å². The van der Waals surface area contributed by atoms with E-state index in [0.717, 1.165) is 49.0 Å². The Labute approximate surface area is 140 Å². The third kappa shape index (κ3) is 4.58. The van der Waals surface area contributed by atoms with Gasteiger partial charge in [0, 0.05) is 49.9 Å². The van der Waals surface area contributed by atoms with Gasteiger partial charge in [0.15, 0.2) is 5.17 Å². The summed E-state index contributed by atoms with van der Waals surface area (Å²) < 4.78 is 16.0. The van der Waals surface area contributed by atoms with Gasteiger partial charge in [0.2, 0.25) is 0 Å². The molecule has 0 amide bonds. The summed E-state index contributed by atoms with van der Waals surface area (Å²) in [5.74, 6) is 0.947. The second-order valence-corrected chi connectivity index (χ2v) is 6.60. The molecular formula is C17H21FN4S. The molecule has 0 saturated carbocycles. The predicted octanol–water partition coefficient (Wildman–Crippen LogP) is 3.41. The molecule has 3 rings (SSSR count). The Bertz CT molecular complexity index is 642. The van der Waals surface area contributed by atoms with Crippen LogP contribution < -0.4 is 0 Å². The molecule has 23 heavy (non-hydrogen) atoms. The number of hydrogen-bond acceptors (Lipinski definition) is 4. The van der Waals surface area contributed by atoms with Crippen LogP contribution in [-0.4, -0.2) is 38.5 Å². The Balaban J connectivity index is 1.66. The molecule has 6 heteroatoms. The summed E-state index contributed by atoms with van der Waals surface area (Å²) in [4.78, 5) is 10.9. The van der Waals surface area contributed by atoms with E-state index in [4.69, 9.17) is 0 Å². The highest BCUT2D eigenvalue weighted by molar-refractivity contribution is 8.13. The summed E-state index contributed by atoms with van der Waals surface area (Å²) in [5.41, 5.74) is 0.726. The summed E-state index contributed by atoms with van der Waals surface area (Å²) in [6.07, 6.45) is 7.68. The van der Waals surface area contributed by atoms with Crippen LogP contribution in [0, 0.1) is 5.82 Å². The highest BCUT2D eigenvalue weighted by Gasteiger charge is 2.16. The minimum absolute atomic E-state index is 0.145. The Morgan fingerprint density at radius 1 is 1.30 bits per heavy atom. The number of thioether (sulfide) groups is 1. The van der Waals surface area contributed by atoms with E-state index < -0.39 is 0 Å². The molecular weight excluding hydrogens is 311 g/mol. The normalized spacial score (nSPS) is 14.6. The van der Waals surface area contributed by atoms with Crippen molar-refractivity contribution in [2.75, 3.05) is 18.8 Å². The number of benzene rings is 1. The summed E-state index contributed by atoms with van der Waals surface area (Å²) in [7, 11) is 0. The molecule has 0 radical (unpaired) electrons. The Morgan fingerprint density at radius 2 is 2.22 bits per heavy atom. The second kappa shape index (κ2) is 8.15. The van der Waals surface area contributed by atoms with Gasteiger partial charge >= 0.3 is 0 Å². The fourth-order valence-electron chi connectivity index (χ4n) is 2.58. The maximum absolute atomic E-state index is 14.0. The van der Waals surface area contributed by atoms with Crippen LogP contribution in [0.1, 0.15) is 18.4 Å². The number of aryl methyl sites for hydroxylation is 1. The van der Waals surface area contributed by atoms with E-state index in [1.807, 2.05) is 24.7 Å². The number of rotatable bonds is 6. The van der Waals surface area contributed by atoms with Crippen LogP contribution in [0.2, 0.25) is 0 Å². The molecule has 0 fully saturated rings. The molecule has 2 aromatic rings. The molecule has 1 aromatic heterocycles. The van der Waals surface area contributed by atoms with E-state index >= 15 is 0 Å². The van der Waals surface area contributed by atoms with E-state index in [9.17, 15) is 4.39 Å². The van der Waals surface area contributed by atoms with Gasteiger partial charge in [-0.3, -0.25) is 4.99 Å². The van der Waals surface area contributed by atoms with Crippen molar-refractivity contribution >= 4 is 16.9 Å². The van der Waals surface area contributed by atoms with Crippen LogP contribution in [0.3, 0.4) is 0 Å². The number of amidine groups is 1. The Kier molecular flexibility index (Phi) is 5.69. The van der Waals surface area contributed by atoms with Crippen LogP contribution >= 0.6 is 11.8 Å². The van der Waals surface area contributed by atoms with Crippen molar-refractivity contribution < 1.29 is 4.39 Å². The van der Waals surface area contributed by atoms with Gasteiger partial charge < -0.3 is 9.47 Å². The molecule has 4 nitrogen and oxygen atoms in total. The lowest BCUT2D eigenvalue weighted by atomic mass is 10.2. The fourth-order valence-corrected chi connectivity index (χ4v) is 3.55. The molecule has 0 saturated heterocycles. The number of aromatic nitrogens is 2. The molecule has 0 aliphatic carbocycles. The summed E-state index contributed by atoms with van der Waals surface area (Å²) in [5, 5.41) is 1.05. The van der Waals surface area contributed by atoms with Crippen molar-refractivity contribution in [2.24, 2.45) is 4.99 Å². The van der Waals surface area contributed by atoms with Crippen molar-refractivity contribution in [3.8, 4) is 0 Å². The summed E-state index contributed by atoms with van der Waals surface area (Å²) in [6.45, 7) is 3.21. The van der Waals surface area contributed by atoms with Gasteiger partial charge in [-0.25, -0.2) is 9.37 Å². The quantitative estimate of drug-likeness (QED) is 0.813. The first-order valence-corrected chi connectivity index (χ1v) is 8.93. The van der Waals surface area contributed by atoms with E-state index in [0.29, 0.717) is 6.54 Å². The molecule has 122 valence electrons. The smallest absolute Gasteiger partial charge is 0.159 e. The second-order valence-electron chi connectivity index (χ2n) is 5.53. The molecule has 1 aromatic carbocycles. The van der Waals surface area contributed by atoms with Crippen molar-refractivity contribution in [3.63, 3.8) is 0 Å². The first-order chi connectivity index (χ1) is 11.3. The van der Waals surface area contributed by atoms with Gasteiger partial charge in [0.25, 0.3) is 0 Å². The van der Waals surface area contributed by atoms with Crippen LogP contribution in [0.5, 0.6) is 0 Å². The van der Waals surface area contributed by atoms with Gasteiger partial charge in [0.05, 0.1) is 6.33 Å². The molecule has 0 N–H and O–H groups in total. The summed E-state index contributed by atoms with van der Waals surface area (Å²) in [6, 6.07) is 6.99. The Hall–Kier alpha value is -1.82. The van der Waals surface area contributed by atoms with Crippen molar-refractivity contribution in [2.45, 2.75) is 25.9 Å². The highest BCUT2D eigenvalue weighted by atomic mass is 32.2. The molecule has 0 atom stereocenters. The number of aliphatic imine (C=N–C) groups is 1. The first-order valence-electron chi connectivity index (χ1n) is 7.94. The number of hydrogen-bond donors (Lipinski definition) is 0. The maximum atomic E-state index is 14.0. The zero-order valence-electron chi connectivity index (χ0n) is 13.1. The van der Waals surface area contributed by atoms with Crippen LogP contribution in [0.4, 0.5) is 4.39 Å². The SMILES string of the molecule is Fc1ccccc1CN(CCCn1ccnc1)C1=NCCCS1. The van der Waals surface area contributed by atoms with E-state index in [1.165, 1.54) is 6.07 Å². The lowest BCUT2D eigenvalue weighted by molar-refractivity contribution is 0.388. The van der Waals surface area contributed by atoms with Gasteiger partial charge in [0.1, 0.15) is 5.82 Å². The topological polar surface area (TPSA) is 33.4 Å². The minimum Gasteiger partial charge on any atom is -0.347 e. The largest absolute Gasteiger partial charge is 0.347 e. The van der Waals surface area contributed by atoms with Crippen LogP contribution in [0.15, 0.2) is 48.0 Å². The lowest BCUT2D eigenvalue weighted by Gasteiger charge is -2.28. The average molecular weight is 332 g/mol. The monoisotopic (exact) mass is 332 g/mol. The molecule has 1 aliphatic heterocycles. The van der Waals surface area contributed by atoms with Crippen LogP contribution in [-0.2, 0) is 13.1 Å². The molecule has 0 unspecified atom stereocenters. The lowest BCUT2D eigenvalue weighted by Crippen LogP contribution is -2.32. The molecule has 0 bridgehead atoms. The minimum atomic E-state index is -0.145. The molecule has 0 spiro atoms. The van der Waals surface area contributed by atoms with E-state index in [2.05, 4.69) is 19.4 Å². The van der Waals surface area contributed by atoms with E-state index in [-0.39, 0.29) is 5.82 Å². The highest BCUT2D eigenvalue weighted by Crippen LogP contribution is 2.19. The van der Waals surface area contributed by atoms with Gasteiger partial charge in [-0.1, -0.05) is 30.0 Å². The van der Waals surface area contributed by atoms with E-state index in [1.54, 1.807) is 24.0 Å². The van der Waals surface area contributed by atoms with Crippen molar-refractivity contribution in [1.82, 2.24) is 14.5 Å². The van der Waals surface area contributed by atoms with Crippen molar-refractivity contribution in [3.05, 3.63) is 54.4 Å². The Morgan fingerprint density at radius 3 is 2.96 bits per heavy atom. The van der Waals surface area contributed by atoms with Gasteiger partial charge in [-0.2, -0.15) is 0 Å². The molecule has 1 aliphatic rings. The number of imidazole rings is 1. The number of halogens is 1. The predicted molar refractivity (Wildman–Crippen MR) is 93.0 cm³/mol. The average Bonchev–Trinajstić information content (AvgIpc) is 3.10. The van der Waals surface area contributed by atoms with Crippen molar-refractivity contribution in [1.29, 1.82) is 0 Å². The van der Waals surface area contributed by atoms with Crippen LogP contribution in [0.25, 0.3) is 0 Å². The fraction of sp³-hybridized carbons (Fsp3) is 0.412. The standard InChI is InChI=1S/C17H21FN4S/c18-16-6-2-1-5-15(16)13-22(17-20-7-3-12-23-17)10-4-9-21-11-8-19-14-21/h1-2,5-6,8,11,14H,3-4,7,9-10,12-13H2. The zero-order valence-corrected chi connectivity index (χ0v) is 13.9.